The zero-order valence-electron chi connectivity index (χ0n) is 16.8. The molecule has 4 rings (SSSR count). The molecule has 0 aliphatic heterocycles. The summed E-state index contributed by atoms with van der Waals surface area (Å²) in [6.45, 7) is 0.451. The minimum absolute atomic E-state index is 0.145. The molecule has 0 bridgehead atoms. The highest BCUT2D eigenvalue weighted by molar-refractivity contribution is 7.99. The molecular formula is C24H19N3O3S. The van der Waals surface area contributed by atoms with Gasteiger partial charge >= 0.3 is 0 Å². The lowest BCUT2D eigenvalue weighted by Gasteiger charge is -2.13. The third-order valence-electron chi connectivity index (χ3n) is 4.64. The Balaban J connectivity index is 1.59. The number of para-hydroxylation sites is 1. The van der Waals surface area contributed by atoms with Crippen LogP contribution < -0.4 is 15.0 Å². The summed E-state index contributed by atoms with van der Waals surface area (Å²) in [4.78, 5) is 17.9. The Morgan fingerprint density at radius 3 is 2.42 bits per heavy atom. The molecule has 0 aliphatic carbocycles. The highest BCUT2D eigenvalue weighted by atomic mass is 32.2. The third kappa shape index (κ3) is 4.55. The van der Waals surface area contributed by atoms with E-state index in [4.69, 9.17) is 19.7 Å². The summed E-state index contributed by atoms with van der Waals surface area (Å²) in [7, 11) is 1.62. The van der Waals surface area contributed by atoms with Crippen LogP contribution in [-0.4, -0.2) is 29.0 Å². The number of hydrogen-bond donors (Lipinski definition) is 0. The summed E-state index contributed by atoms with van der Waals surface area (Å²) in [5.74, 6) is 2.12. The van der Waals surface area contributed by atoms with Crippen LogP contribution in [-0.2, 0) is 0 Å². The molecule has 1 heterocycles. The molecule has 31 heavy (non-hydrogen) atoms. The number of nitriles is 1. The van der Waals surface area contributed by atoms with Gasteiger partial charge in [0.15, 0.2) is 5.16 Å². The Morgan fingerprint density at radius 1 is 1.00 bits per heavy atom. The van der Waals surface area contributed by atoms with E-state index < -0.39 is 0 Å². The fraction of sp³-hybridized carbons (Fsp3) is 0.125. The van der Waals surface area contributed by atoms with Gasteiger partial charge in [0.1, 0.15) is 11.5 Å². The normalized spacial score (nSPS) is 10.6. The summed E-state index contributed by atoms with van der Waals surface area (Å²) in [6, 6.07) is 23.7. The van der Waals surface area contributed by atoms with Gasteiger partial charge in [-0.15, -0.1) is 0 Å². The van der Waals surface area contributed by atoms with Gasteiger partial charge < -0.3 is 9.47 Å². The first kappa shape index (κ1) is 20.5. The fourth-order valence-electron chi connectivity index (χ4n) is 3.09. The molecule has 3 aromatic carbocycles. The maximum Gasteiger partial charge on any atom is 0.266 e. The molecule has 1 aromatic heterocycles. The van der Waals surface area contributed by atoms with Crippen molar-refractivity contribution in [2.75, 3.05) is 19.5 Å². The maximum atomic E-state index is 13.2. The number of hydrogen-bond acceptors (Lipinski definition) is 6. The van der Waals surface area contributed by atoms with Crippen molar-refractivity contribution in [3.05, 3.63) is 88.7 Å². The van der Waals surface area contributed by atoms with Gasteiger partial charge in [-0.05, 0) is 60.7 Å². The van der Waals surface area contributed by atoms with Crippen LogP contribution in [0.4, 0.5) is 0 Å². The molecule has 6 nitrogen and oxygen atoms in total. The molecule has 0 unspecified atom stereocenters. The van der Waals surface area contributed by atoms with Gasteiger partial charge in [-0.1, -0.05) is 23.9 Å². The second kappa shape index (κ2) is 9.37. The molecule has 154 valence electrons. The molecule has 4 aromatic rings. The number of ether oxygens (including phenoxy) is 2. The predicted octanol–water partition coefficient (Wildman–Crippen LogP) is 4.44. The van der Waals surface area contributed by atoms with Crippen LogP contribution in [0.25, 0.3) is 16.6 Å². The van der Waals surface area contributed by atoms with Gasteiger partial charge in [0.05, 0.1) is 41.9 Å². The van der Waals surface area contributed by atoms with E-state index in [0.717, 1.165) is 11.5 Å². The Hall–Kier alpha value is -3.76. The smallest absolute Gasteiger partial charge is 0.266 e. The van der Waals surface area contributed by atoms with Crippen molar-refractivity contribution >= 4 is 22.7 Å². The lowest BCUT2D eigenvalue weighted by atomic mass is 10.2. The van der Waals surface area contributed by atoms with Crippen molar-refractivity contribution in [3.8, 4) is 23.3 Å². The van der Waals surface area contributed by atoms with Gasteiger partial charge in [0, 0.05) is 5.75 Å². The average molecular weight is 430 g/mol. The third-order valence-corrected chi connectivity index (χ3v) is 5.55. The number of rotatable bonds is 7. The van der Waals surface area contributed by atoms with Gasteiger partial charge in [-0.2, -0.15) is 5.26 Å². The largest absolute Gasteiger partial charge is 0.497 e. The molecule has 0 saturated carbocycles. The molecule has 0 spiro atoms. The van der Waals surface area contributed by atoms with E-state index in [1.807, 2.05) is 42.5 Å². The quantitative estimate of drug-likeness (QED) is 0.246. The fourth-order valence-corrected chi connectivity index (χ4v) is 3.92. The van der Waals surface area contributed by atoms with E-state index in [1.54, 1.807) is 42.0 Å². The van der Waals surface area contributed by atoms with Crippen LogP contribution in [0, 0.1) is 11.3 Å². The van der Waals surface area contributed by atoms with Crippen LogP contribution in [0.5, 0.6) is 11.5 Å². The number of aromatic nitrogens is 2. The Kier molecular flexibility index (Phi) is 6.20. The van der Waals surface area contributed by atoms with Crippen molar-refractivity contribution in [1.82, 2.24) is 9.55 Å². The van der Waals surface area contributed by atoms with E-state index >= 15 is 0 Å². The Bertz CT molecular complexity index is 1290. The highest BCUT2D eigenvalue weighted by Crippen LogP contribution is 2.22. The number of benzene rings is 3. The number of methoxy groups -OCH3 is 1. The molecule has 0 amide bonds. The van der Waals surface area contributed by atoms with E-state index in [2.05, 4.69) is 6.07 Å². The first-order valence-electron chi connectivity index (χ1n) is 9.61. The molecular weight excluding hydrogens is 410 g/mol. The van der Waals surface area contributed by atoms with Gasteiger partial charge in [-0.3, -0.25) is 9.36 Å². The molecule has 0 N–H and O–H groups in total. The van der Waals surface area contributed by atoms with E-state index in [1.165, 1.54) is 11.8 Å². The molecule has 7 heteroatoms. The molecule has 0 saturated heterocycles. The van der Waals surface area contributed by atoms with Crippen LogP contribution in [0.2, 0.25) is 0 Å². The summed E-state index contributed by atoms with van der Waals surface area (Å²) in [6.07, 6.45) is 0. The SMILES string of the molecule is COc1ccc(OCCSc2nc3ccccc3c(=O)n2-c2ccc(C#N)cc2)cc1. The van der Waals surface area contributed by atoms with Crippen molar-refractivity contribution in [2.24, 2.45) is 0 Å². The molecule has 0 fully saturated rings. The first-order chi connectivity index (χ1) is 15.2. The lowest BCUT2D eigenvalue weighted by molar-refractivity contribution is 0.342. The zero-order chi connectivity index (χ0) is 21.6. The van der Waals surface area contributed by atoms with Gasteiger partial charge in [0.2, 0.25) is 0 Å². The number of nitrogens with zero attached hydrogens (tertiary/aromatic N) is 3. The zero-order valence-corrected chi connectivity index (χ0v) is 17.6. The van der Waals surface area contributed by atoms with Crippen molar-refractivity contribution in [1.29, 1.82) is 5.26 Å². The summed E-state index contributed by atoms with van der Waals surface area (Å²) in [5.41, 5.74) is 1.71. The standard InChI is InChI=1S/C24H19N3O3S/c1-29-19-10-12-20(13-11-19)30-14-15-31-24-26-22-5-3-2-4-21(22)23(28)27(24)18-8-6-17(16-25)7-9-18/h2-13H,14-15H2,1H3. The lowest BCUT2D eigenvalue weighted by Crippen LogP contribution is -2.22. The van der Waals surface area contributed by atoms with Crippen molar-refractivity contribution < 1.29 is 9.47 Å². The summed E-state index contributed by atoms with van der Waals surface area (Å²) >= 11 is 1.44. The minimum Gasteiger partial charge on any atom is -0.497 e. The number of thioether (sulfide) groups is 1. The highest BCUT2D eigenvalue weighted by Gasteiger charge is 2.13. The van der Waals surface area contributed by atoms with Gasteiger partial charge in [-0.25, -0.2) is 4.98 Å². The van der Waals surface area contributed by atoms with Crippen LogP contribution in [0.1, 0.15) is 5.56 Å². The minimum atomic E-state index is -0.145. The summed E-state index contributed by atoms with van der Waals surface area (Å²) < 4.78 is 12.5. The Morgan fingerprint density at radius 2 is 1.71 bits per heavy atom. The van der Waals surface area contributed by atoms with E-state index in [-0.39, 0.29) is 5.56 Å². The second-order valence-electron chi connectivity index (χ2n) is 6.58. The Labute approximate surface area is 183 Å². The monoisotopic (exact) mass is 429 g/mol. The number of fused-ring (bicyclic) bond motifs is 1. The molecule has 0 radical (unpaired) electrons. The summed E-state index contributed by atoms with van der Waals surface area (Å²) in [5, 5.41) is 10.2. The first-order valence-corrected chi connectivity index (χ1v) is 10.6. The van der Waals surface area contributed by atoms with Crippen molar-refractivity contribution in [2.45, 2.75) is 5.16 Å². The van der Waals surface area contributed by atoms with Crippen LogP contribution in [0.15, 0.2) is 82.7 Å². The molecule has 0 atom stereocenters. The average Bonchev–Trinajstić information content (AvgIpc) is 2.82. The van der Waals surface area contributed by atoms with E-state index in [9.17, 15) is 4.79 Å². The second-order valence-corrected chi connectivity index (χ2v) is 7.65. The van der Waals surface area contributed by atoms with E-state index in [0.29, 0.717) is 39.7 Å². The predicted molar refractivity (Wildman–Crippen MR) is 121 cm³/mol. The van der Waals surface area contributed by atoms with Crippen LogP contribution >= 0.6 is 11.8 Å². The topological polar surface area (TPSA) is 77.1 Å². The maximum absolute atomic E-state index is 13.2. The molecule has 0 aliphatic rings. The van der Waals surface area contributed by atoms with Crippen molar-refractivity contribution in [3.63, 3.8) is 0 Å². The van der Waals surface area contributed by atoms with Crippen LogP contribution in [0.3, 0.4) is 0 Å². The van der Waals surface area contributed by atoms with Gasteiger partial charge in [0.25, 0.3) is 5.56 Å².